The lowest BCUT2D eigenvalue weighted by Gasteiger charge is -2.30. The van der Waals surface area contributed by atoms with E-state index < -0.39 is 0 Å². The summed E-state index contributed by atoms with van der Waals surface area (Å²) in [6, 6.07) is 11.9. The van der Waals surface area contributed by atoms with Gasteiger partial charge in [-0.05, 0) is 50.6 Å². The zero-order chi connectivity index (χ0) is 20.1. The quantitative estimate of drug-likeness (QED) is 0.695. The van der Waals surface area contributed by atoms with E-state index in [9.17, 15) is 4.79 Å². The topological polar surface area (TPSA) is 84.2 Å². The van der Waals surface area contributed by atoms with Crippen LogP contribution in [0.25, 0.3) is 11.4 Å². The summed E-state index contributed by atoms with van der Waals surface area (Å²) >= 11 is 0. The van der Waals surface area contributed by atoms with E-state index in [1.54, 1.807) is 12.4 Å². The molecule has 1 fully saturated rings. The molecule has 1 aliphatic heterocycles. The van der Waals surface area contributed by atoms with Crippen LogP contribution < -0.4 is 5.32 Å². The molecule has 0 unspecified atom stereocenters. The molecule has 0 radical (unpaired) electrons. The number of aromatic nitrogens is 3. The first-order valence-corrected chi connectivity index (χ1v) is 9.96. The van der Waals surface area contributed by atoms with Crippen LogP contribution in [0.4, 0.5) is 0 Å². The standard InChI is InChI=1S/C22H25N5O2/c1-16-4-2-6-19(12-16)21-25-20(29-26-21)15-27-10-7-18(8-11-27)22(28)24-14-17-5-3-9-23-13-17/h2-6,9,12-13,18H,7-8,10-11,14-15H2,1H3,(H,24,28). The van der Waals surface area contributed by atoms with Crippen LogP contribution in [0, 0.1) is 12.8 Å². The van der Waals surface area contributed by atoms with Crippen molar-refractivity contribution >= 4 is 5.91 Å². The summed E-state index contributed by atoms with van der Waals surface area (Å²) in [5, 5.41) is 7.13. The van der Waals surface area contributed by atoms with Crippen molar-refractivity contribution in [1.29, 1.82) is 0 Å². The van der Waals surface area contributed by atoms with Gasteiger partial charge in [0.2, 0.25) is 17.6 Å². The van der Waals surface area contributed by atoms with E-state index in [1.165, 1.54) is 0 Å². The molecule has 7 heteroatoms. The molecule has 0 aliphatic carbocycles. The van der Waals surface area contributed by atoms with Crippen molar-refractivity contribution < 1.29 is 9.32 Å². The maximum atomic E-state index is 12.4. The van der Waals surface area contributed by atoms with Crippen molar-refractivity contribution in [1.82, 2.24) is 25.3 Å². The normalized spacial score (nSPS) is 15.3. The van der Waals surface area contributed by atoms with E-state index in [0.717, 1.165) is 42.6 Å². The second kappa shape index (κ2) is 8.96. The van der Waals surface area contributed by atoms with Gasteiger partial charge >= 0.3 is 0 Å². The van der Waals surface area contributed by atoms with Crippen LogP contribution in [-0.2, 0) is 17.9 Å². The number of benzene rings is 1. The Morgan fingerprint density at radius 2 is 2.10 bits per heavy atom. The number of piperidine rings is 1. The maximum absolute atomic E-state index is 12.4. The highest BCUT2D eigenvalue weighted by atomic mass is 16.5. The highest BCUT2D eigenvalue weighted by Gasteiger charge is 2.25. The Hall–Kier alpha value is -3.06. The minimum atomic E-state index is 0.0495. The minimum Gasteiger partial charge on any atom is -0.352 e. The first-order valence-electron chi connectivity index (χ1n) is 9.96. The van der Waals surface area contributed by atoms with Crippen molar-refractivity contribution in [3.05, 3.63) is 65.8 Å². The predicted molar refractivity (Wildman–Crippen MR) is 109 cm³/mol. The number of rotatable bonds is 6. The fourth-order valence-corrected chi connectivity index (χ4v) is 3.60. The third-order valence-electron chi connectivity index (χ3n) is 5.25. The lowest BCUT2D eigenvalue weighted by Crippen LogP contribution is -2.40. The smallest absolute Gasteiger partial charge is 0.241 e. The zero-order valence-corrected chi connectivity index (χ0v) is 16.5. The largest absolute Gasteiger partial charge is 0.352 e. The molecule has 1 aromatic carbocycles. The van der Waals surface area contributed by atoms with Gasteiger partial charge in [-0.3, -0.25) is 14.7 Å². The molecule has 3 heterocycles. The molecule has 29 heavy (non-hydrogen) atoms. The average Bonchev–Trinajstić information content (AvgIpc) is 3.22. The van der Waals surface area contributed by atoms with Crippen LogP contribution in [0.1, 0.15) is 29.9 Å². The number of aryl methyl sites for hydroxylation is 1. The Bertz CT molecular complexity index is 949. The fraction of sp³-hybridized carbons (Fsp3) is 0.364. The summed E-state index contributed by atoms with van der Waals surface area (Å²) in [6.45, 7) is 4.86. The van der Waals surface area contributed by atoms with Crippen molar-refractivity contribution in [2.24, 2.45) is 5.92 Å². The van der Waals surface area contributed by atoms with Crippen molar-refractivity contribution in [3.63, 3.8) is 0 Å². The van der Waals surface area contributed by atoms with Crippen LogP contribution in [0.15, 0.2) is 53.3 Å². The zero-order valence-electron chi connectivity index (χ0n) is 16.5. The lowest BCUT2D eigenvalue weighted by molar-refractivity contribution is -0.126. The second-order valence-electron chi connectivity index (χ2n) is 7.51. The Kier molecular flexibility index (Phi) is 5.95. The molecule has 1 amide bonds. The first kappa shape index (κ1) is 19.3. The number of nitrogens with zero attached hydrogens (tertiary/aromatic N) is 4. The van der Waals surface area contributed by atoms with E-state index in [0.29, 0.717) is 24.8 Å². The molecule has 1 aliphatic rings. The minimum absolute atomic E-state index is 0.0495. The van der Waals surface area contributed by atoms with E-state index in [1.807, 2.05) is 43.3 Å². The molecule has 0 atom stereocenters. The second-order valence-corrected chi connectivity index (χ2v) is 7.51. The van der Waals surface area contributed by atoms with Gasteiger partial charge in [-0.2, -0.15) is 4.98 Å². The van der Waals surface area contributed by atoms with Gasteiger partial charge in [0.25, 0.3) is 0 Å². The molecule has 3 aromatic rings. The summed E-state index contributed by atoms with van der Waals surface area (Å²) in [6.07, 6.45) is 5.17. The van der Waals surface area contributed by atoms with Crippen LogP contribution in [-0.4, -0.2) is 39.0 Å². The van der Waals surface area contributed by atoms with Crippen molar-refractivity contribution in [3.8, 4) is 11.4 Å². The monoisotopic (exact) mass is 391 g/mol. The Labute approximate surface area is 170 Å². The number of carbonyl (C=O) groups is 1. The van der Waals surface area contributed by atoms with Crippen LogP contribution in [0.2, 0.25) is 0 Å². The van der Waals surface area contributed by atoms with Crippen LogP contribution >= 0.6 is 0 Å². The summed E-state index contributed by atoms with van der Waals surface area (Å²) in [4.78, 5) is 23.3. The van der Waals surface area contributed by atoms with E-state index in [-0.39, 0.29) is 11.8 Å². The number of amides is 1. The highest BCUT2D eigenvalue weighted by Crippen LogP contribution is 2.21. The van der Waals surface area contributed by atoms with Gasteiger partial charge in [-0.25, -0.2) is 0 Å². The molecule has 150 valence electrons. The van der Waals surface area contributed by atoms with Gasteiger partial charge in [0.15, 0.2) is 0 Å². The molecule has 7 nitrogen and oxygen atoms in total. The molecule has 0 bridgehead atoms. The number of carbonyl (C=O) groups excluding carboxylic acids is 1. The van der Waals surface area contributed by atoms with Crippen molar-refractivity contribution in [2.75, 3.05) is 13.1 Å². The van der Waals surface area contributed by atoms with Crippen LogP contribution in [0.5, 0.6) is 0 Å². The van der Waals surface area contributed by atoms with Crippen molar-refractivity contribution in [2.45, 2.75) is 32.9 Å². The van der Waals surface area contributed by atoms with E-state index >= 15 is 0 Å². The number of hydrogen-bond donors (Lipinski definition) is 1. The summed E-state index contributed by atoms with van der Waals surface area (Å²) in [5.74, 6) is 1.40. The third-order valence-corrected chi connectivity index (χ3v) is 5.25. The lowest BCUT2D eigenvalue weighted by atomic mass is 9.96. The SMILES string of the molecule is Cc1cccc(-c2noc(CN3CCC(C(=O)NCc4cccnc4)CC3)n2)c1. The Morgan fingerprint density at radius 3 is 2.86 bits per heavy atom. The molecule has 4 rings (SSSR count). The molecule has 1 saturated heterocycles. The molecule has 0 spiro atoms. The number of pyridine rings is 1. The number of hydrogen-bond acceptors (Lipinski definition) is 6. The average molecular weight is 391 g/mol. The molecule has 0 saturated carbocycles. The van der Waals surface area contributed by atoms with Gasteiger partial charge < -0.3 is 9.84 Å². The van der Waals surface area contributed by atoms with Gasteiger partial charge in [0.05, 0.1) is 6.54 Å². The number of nitrogens with one attached hydrogen (secondary N) is 1. The van der Waals surface area contributed by atoms with Gasteiger partial charge in [-0.1, -0.05) is 35.0 Å². The van der Waals surface area contributed by atoms with E-state index in [2.05, 4.69) is 25.3 Å². The molecule has 2 aromatic heterocycles. The first-order chi connectivity index (χ1) is 14.2. The third kappa shape index (κ3) is 5.06. The van der Waals surface area contributed by atoms with Crippen LogP contribution in [0.3, 0.4) is 0 Å². The Morgan fingerprint density at radius 1 is 1.24 bits per heavy atom. The Balaban J connectivity index is 1.25. The summed E-state index contributed by atoms with van der Waals surface area (Å²) < 4.78 is 5.44. The fourth-order valence-electron chi connectivity index (χ4n) is 3.60. The highest BCUT2D eigenvalue weighted by molar-refractivity contribution is 5.78. The summed E-state index contributed by atoms with van der Waals surface area (Å²) in [5.41, 5.74) is 3.14. The summed E-state index contributed by atoms with van der Waals surface area (Å²) in [7, 11) is 0. The molecule has 1 N–H and O–H groups in total. The van der Waals surface area contributed by atoms with Gasteiger partial charge in [0, 0.05) is 30.4 Å². The van der Waals surface area contributed by atoms with E-state index in [4.69, 9.17) is 4.52 Å². The van der Waals surface area contributed by atoms with Gasteiger partial charge in [0.1, 0.15) is 0 Å². The molecular weight excluding hydrogens is 366 g/mol. The molecular formula is C22H25N5O2. The predicted octanol–water partition coefficient (Wildman–Crippen LogP) is 2.97. The van der Waals surface area contributed by atoms with Gasteiger partial charge in [-0.15, -0.1) is 0 Å². The number of likely N-dealkylation sites (tertiary alicyclic amines) is 1. The maximum Gasteiger partial charge on any atom is 0.241 e.